The van der Waals surface area contributed by atoms with Gasteiger partial charge in [-0.2, -0.15) is 0 Å². The van der Waals surface area contributed by atoms with Crippen LogP contribution >= 0.6 is 0 Å². The maximum Gasteiger partial charge on any atom is 0.165 e. The highest BCUT2D eigenvalue weighted by molar-refractivity contribution is 5.65. The largest absolute Gasteiger partial charge is 0.507 e. The number of nitrogens with zero attached hydrogens (tertiary/aromatic N) is 3. The third kappa shape index (κ3) is 3.84. The van der Waals surface area contributed by atoms with Crippen molar-refractivity contribution in [1.82, 2.24) is 9.97 Å². The van der Waals surface area contributed by atoms with E-state index in [9.17, 15) is 10.2 Å². The van der Waals surface area contributed by atoms with Gasteiger partial charge in [0.25, 0.3) is 0 Å². The van der Waals surface area contributed by atoms with E-state index in [2.05, 4.69) is 16.8 Å². The number of hydrogen-bond donors (Lipinski definition) is 2. The zero-order valence-electron chi connectivity index (χ0n) is 16.6. The highest BCUT2D eigenvalue weighted by Gasteiger charge is 2.43. The van der Waals surface area contributed by atoms with E-state index in [1.54, 1.807) is 12.1 Å². The van der Waals surface area contributed by atoms with E-state index in [1.807, 2.05) is 25.1 Å². The van der Waals surface area contributed by atoms with Crippen LogP contribution in [-0.2, 0) is 4.74 Å². The van der Waals surface area contributed by atoms with Gasteiger partial charge in [0.15, 0.2) is 5.82 Å². The molecule has 0 saturated carbocycles. The smallest absolute Gasteiger partial charge is 0.165 e. The summed E-state index contributed by atoms with van der Waals surface area (Å²) in [7, 11) is 0. The molecule has 0 radical (unpaired) electrons. The molecule has 6 heteroatoms. The van der Waals surface area contributed by atoms with Gasteiger partial charge in [0.05, 0.1) is 23.4 Å². The van der Waals surface area contributed by atoms with E-state index in [0.29, 0.717) is 11.4 Å². The zero-order chi connectivity index (χ0) is 19.7. The first kappa shape index (κ1) is 19.2. The molecule has 2 aromatic rings. The van der Waals surface area contributed by atoms with Crippen molar-refractivity contribution in [3.8, 4) is 17.1 Å². The molecule has 2 aliphatic rings. The lowest BCUT2D eigenvalue weighted by Crippen LogP contribution is -2.53. The second-order valence-electron chi connectivity index (χ2n) is 8.12. The maximum atomic E-state index is 10.3. The van der Waals surface area contributed by atoms with E-state index >= 15 is 0 Å². The van der Waals surface area contributed by atoms with Crippen molar-refractivity contribution >= 4 is 5.82 Å². The van der Waals surface area contributed by atoms with Crippen LogP contribution < -0.4 is 4.90 Å². The van der Waals surface area contributed by atoms with Crippen molar-refractivity contribution in [3.05, 3.63) is 36.0 Å². The third-order valence-electron chi connectivity index (χ3n) is 6.00. The molecule has 2 fully saturated rings. The number of aliphatic hydroxyl groups is 1. The van der Waals surface area contributed by atoms with Gasteiger partial charge >= 0.3 is 0 Å². The van der Waals surface area contributed by atoms with Crippen LogP contribution in [0, 0.1) is 6.92 Å². The van der Waals surface area contributed by atoms with Crippen molar-refractivity contribution in [2.45, 2.75) is 63.8 Å². The molecule has 6 nitrogen and oxygen atoms in total. The van der Waals surface area contributed by atoms with Crippen molar-refractivity contribution in [3.63, 3.8) is 0 Å². The quantitative estimate of drug-likeness (QED) is 0.845. The fourth-order valence-electron chi connectivity index (χ4n) is 4.48. The fraction of sp³-hybridized carbons (Fsp3) is 0.545. The summed E-state index contributed by atoms with van der Waals surface area (Å²) in [4.78, 5) is 11.5. The van der Waals surface area contributed by atoms with Gasteiger partial charge in [0.2, 0.25) is 0 Å². The number of anilines is 1. The van der Waals surface area contributed by atoms with E-state index in [0.717, 1.165) is 56.7 Å². The van der Waals surface area contributed by atoms with Crippen LogP contribution in [0.2, 0.25) is 0 Å². The number of aryl methyl sites for hydroxylation is 1. The summed E-state index contributed by atoms with van der Waals surface area (Å²) in [5, 5.41) is 20.5. The number of benzene rings is 1. The standard InChI is InChI=1S/C22H29N3O3/c1-3-17-13-16(26)14-22(28-17)8-10-25(11-9-22)20-12-15(2)23-21(24-20)18-6-4-5-7-19(18)27/h4-7,12,16-17,26-27H,3,8-11,13-14H2,1-2H3/t16-,17+/m1/s1. The summed E-state index contributed by atoms with van der Waals surface area (Å²) in [6.07, 6.45) is 4.08. The van der Waals surface area contributed by atoms with Crippen molar-refractivity contribution < 1.29 is 14.9 Å². The third-order valence-corrected chi connectivity index (χ3v) is 6.00. The molecule has 2 N–H and O–H groups in total. The first-order valence-electron chi connectivity index (χ1n) is 10.2. The Bertz CT molecular complexity index is 834. The molecule has 0 unspecified atom stereocenters. The summed E-state index contributed by atoms with van der Waals surface area (Å²) in [5.41, 5.74) is 1.31. The van der Waals surface area contributed by atoms with Crippen molar-refractivity contribution in [1.29, 1.82) is 0 Å². The highest BCUT2D eigenvalue weighted by Crippen LogP contribution is 2.39. The first-order valence-corrected chi connectivity index (χ1v) is 10.2. The molecule has 2 atom stereocenters. The maximum absolute atomic E-state index is 10.3. The lowest BCUT2D eigenvalue weighted by molar-refractivity contribution is -0.171. The van der Waals surface area contributed by atoms with Gasteiger partial charge in [-0.3, -0.25) is 0 Å². The average Bonchev–Trinajstić information content (AvgIpc) is 2.68. The molecular formula is C22H29N3O3. The number of piperidine rings is 1. The number of para-hydroxylation sites is 1. The summed E-state index contributed by atoms with van der Waals surface area (Å²) in [5.74, 6) is 1.61. The second kappa shape index (κ2) is 7.68. The predicted molar refractivity (Wildman–Crippen MR) is 108 cm³/mol. The monoisotopic (exact) mass is 383 g/mol. The summed E-state index contributed by atoms with van der Waals surface area (Å²) >= 11 is 0. The van der Waals surface area contributed by atoms with Gasteiger partial charge < -0.3 is 19.8 Å². The van der Waals surface area contributed by atoms with Gasteiger partial charge in [-0.1, -0.05) is 19.1 Å². The summed E-state index contributed by atoms with van der Waals surface area (Å²) in [6, 6.07) is 9.15. The van der Waals surface area contributed by atoms with Crippen LogP contribution in [0.15, 0.2) is 30.3 Å². The number of phenolic OH excluding ortho intramolecular Hbond substituents is 1. The first-order chi connectivity index (χ1) is 13.5. The SMILES string of the molecule is CC[C@H]1C[C@@H](O)CC2(CCN(c3cc(C)nc(-c4ccccc4O)n3)CC2)O1. The van der Waals surface area contributed by atoms with Gasteiger partial charge in [-0.15, -0.1) is 0 Å². The van der Waals surface area contributed by atoms with E-state index in [1.165, 1.54) is 0 Å². The fourth-order valence-corrected chi connectivity index (χ4v) is 4.48. The Hall–Kier alpha value is -2.18. The Balaban J connectivity index is 1.53. The molecule has 0 bridgehead atoms. The predicted octanol–water partition coefficient (Wildman–Crippen LogP) is 3.45. The Morgan fingerprint density at radius 3 is 2.68 bits per heavy atom. The molecule has 1 spiro atoms. The van der Waals surface area contributed by atoms with E-state index < -0.39 is 0 Å². The van der Waals surface area contributed by atoms with Gasteiger partial charge in [-0.25, -0.2) is 9.97 Å². The molecule has 3 heterocycles. The minimum Gasteiger partial charge on any atom is -0.507 e. The number of rotatable bonds is 3. The molecule has 1 aromatic heterocycles. The summed E-state index contributed by atoms with van der Waals surface area (Å²) in [6.45, 7) is 5.74. The molecule has 150 valence electrons. The normalized spacial score (nSPS) is 24.5. The molecule has 2 saturated heterocycles. The number of aliphatic hydroxyl groups excluding tert-OH is 1. The number of aromatic nitrogens is 2. The Morgan fingerprint density at radius 2 is 1.96 bits per heavy atom. The molecular weight excluding hydrogens is 354 g/mol. The number of aromatic hydroxyl groups is 1. The van der Waals surface area contributed by atoms with Crippen LogP contribution in [0.3, 0.4) is 0 Å². The van der Waals surface area contributed by atoms with Crippen molar-refractivity contribution in [2.24, 2.45) is 0 Å². The van der Waals surface area contributed by atoms with E-state index in [4.69, 9.17) is 9.72 Å². The topological polar surface area (TPSA) is 78.7 Å². The van der Waals surface area contributed by atoms with Crippen LogP contribution in [0.1, 0.15) is 44.7 Å². The highest BCUT2D eigenvalue weighted by atomic mass is 16.5. The molecule has 0 aliphatic carbocycles. The van der Waals surface area contributed by atoms with Crippen LogP contribution in [-0.4, -0.2) is 51.1 Å². The van der Waals surface area contributed by atoms with Crippen LogP contribution in [0.4, 0.5) is 5.82 Å². The van der Waals surface area contributed by atoms with E-state index in [-0.39, 0.29) is 23.6 Å². The van der Waals surface area contributed by atoms with Gasteiger partial charge in [0.1, 0.15) is 11.6 Å². The lowest BCUT2D eigenvalue weighted by atomic mass is 9.81. The summed E-state index contributed by atoms with van der Waals surface area (Å²) < 4.78 is 6.40. The van der Waals surface area contributed by atoms with Crippen LogP contribution in [0.5, 0.6) is 5.75 Å². The molecule has 28 heavy (non-hydrogen) atoms. The van der Waals surface area contributed by atoms with Crippen molar-refractivity contribution in [2.75, 3.05) is 18.0 Å². The lowest BCUT2D eigenvalue weighted by Gasteiger charge is -2.48. The average molecular weight is 383 g/mol. The second-order valence-corrected chi connectivity index (χ2v) is 8.12. The molecule has 0 amide bonds. The molecule has 2 aliphatic heterocycles. The number of phenols is 1. The minimum atomic E-state index is -0.265. The van der Waals surface area contributed by atoms with Gasteiger partial charge in [0, 0.05) is 31.3 Å². The number of ether oxygens (including phenoxy) is 1. The van der Waals surface area contributed by atoms with Crippen LogP contribution in [0.25, 0.3) is 11.4 Å². The molecule has 4 rings (SSSR count). The van der Waals surface area contributed by atoms with Gasteiger partial charge in [-0.05, 0) is 44.7 Å². The Kier molecular flexibility index (Phi) is 5.25. The Labute approximate surface area is 166 Å². The minimum absolute atomic E-state index is 0.157. The number of hydrogen-bond acceptors (Lipinski definition) is 6. The molecule has 1 aromatic carbocycles. The Morgan fingerprint density at radius 1 is 1.21 bits per heavy atom. The zero-order valence-corrected chi connectivity index (χ0v) is 16.6.